The Morgan fingerprint density at radius 3 is 2.59 bits per heavy atom. The number of para-hydroxylation sites is 1. The third kappa shape index (κ3) is 3.77. The molecule has 0 saturated carbocycles. The number of hydrogen-bond acceptors (Lipinski definition) is 5. The molecule has 0 unspecified atom stereocenters. The SMILES string of the molecule is Cc1cc(-c2ccccn2)c(Cl)cc1OCc1ccccc1-n1nnn(C)c1=O. The van der Waals surface area contributed by atoms with Crippen LogP contribution in [-0.4, -0.2) is 24.8 Å². The van der Waals surface area contributed by atoms with E-state index < -0.39 is 0 Å². The number of tetrazole rings is 1. The summed E-state index contributed by atoms with van der Waals surface area (Å²) in [5, 5.41) is 8.24. The van der Waals surface area contributed by atoms with Gasteiger partial charge in [-0.3, -0.25) is 4.98 Å². The molecule has 7 nitrogen and oxygen atoms in total. The van der Waals surface area contributed by atoms with E-state index in [0.717, 1.165) is 22.4 Å². The lowest BCUT2D eigenvalue weighted by molar-refractivity contribution is 0.303. The van der Waals surface area contributed by atoms with Crippen LogP contribution in [0.1, 0.15) is 11.1 Å². The molecule has 0 N–H and O–H groups in total. The highest BCUT2D eigenvalue weighted by molar-refractivity contribution is 6.33. The average Bonchev–Trinajstić information content (AvgIpc) is 3.07. The van der Waals surface area contributed by atoms with E-state index in [1.54, 1.807) is 25.4 Å². The monoisotopic (exact) mass is 407 g/mol. The van der Waals surface area contributed by atoms with Gasteiger partial charge in [0.25, 0.3) is 0 Å². The van der Waals surface area contributed by atoms with Crippen molar-refractivity contribution in [2.75, 3.05) is 0 Å². The second kappa shape index (κ2) is 7.89. The summed E-state index contributed by atoms with van der Waals surface area (Å²) in [7, 11) is 1.56. The Hall–Kier alpha value is -3.45. The number of halogens is 1. The second-order valence-corrected chi connectivity index (χ2v) is 6.93. The zero-order chi connectivity index (χ0) is 20.4. The normalized spacial score (nSPS) is 10.9. The highest BCUT2D eigenvalue weighted by atomic mass is 35.5. The van der Waals surface area contributed by atoms with Crippen LogP contribution >= 0.6 is 11.6 Å². The summed E-state index contributed by atoms with van der Waals surface area (Å²) in [6.07, 6.45) is 1.73. The Balaban J connectivity index is 1.62. The molecule has 0 spiro atoms. The van der Waals surface area contributed by atoms with Gasteiger partial charge in [0, 0.05) is 24.4 Å². The van der Waals surface area contributed by atoms with Crippen molar-refractivity contribution in [2.45, 2.75) is 13.5 Å². The number of hydrogen-bond donors (Lipinski definition) is 0. The van der Waals surface area contributed by atoms with Crippen molar-refractivity contribution in [3.8, 4) is 22.7 Å². The third-order valence-electron chi connectivity index (χ3n) is 4.53. The Morgan fingerprint density at radius 2 is 1.86 bits per heavy atom. The molecule has 0 aliphatic carbocycles. The average molecular weight is 408 g/mol. The van der Waals surface area contributed by atoms with E-state index in [1.807, 2.05) is 49.4 Å². The third-order valence-corrected chi connectivity index (χ3v) is 4.84. The summed E-state index contributed by atoms with van der Waals surface area (Å²) in [6.45, 7) is 2.20. The van der Waals surface area contributed by atoms with Crippen LogP contribution in [0.25, 0.3) is 16.9 Å². The molecule has 0 atom stereocenters. The topological polar surface area (TPSA) is 74.8 Å². The lowest BCUT2D eigenvalue weighted by Crippen LogP contribution is -2.23. The number of aryl methyl sites for hydroxylation is 2. The zero-order valence-corrected chi connectivity index (χ0v) is 16.7. The Morgan fingerprint density at radius 1 is 1.07 bits per heavy atom. The molecule has 2 aromatic carbocycles. The van der Waals surface area contributed by atoms with E-state index >= 15 is 0 Å². The van der Waals surface area contributed by atoms with E-state index in [-0.39, 0.29) is 12.3 Å². The first-order chi connectivity index (χ1) is 14.0. The molecule has 0 aliphatic heterocycles. The molecule has 0 fully saturated rings. The van der Waals surface area contributed by atoms with Crippen molar-refractivity contribution in [1.29, 1.82) is 0 Å². The van der Waals surface area contributed by atoms with Crippen molar-refractivity contribution in [1.82, 2.24) is 24.8 Å². The van der Waals surface area contributed by atoms with Gasteiger partial charge in [0.05, 0.1) is 16.4 Å². The molecule has 4 aromatic rings. The van der Waals surface area contributed by atoms with Gasteiger partial charge in [-0.1, -0.05) is 35.9 Å². The smallest absolute Gasteiger partial charge is 0.368 e. The number of ether oxygens (including phenoxy) is 1. The molecular formula is C21H18ClN5O2. The van der Waals surface area contributed by atoms with Gasteiger partial charge in [0.2, 0.25) is 0 Å². The second-order valence-electron chi connectivity index (χ2n) is 6.53. The number of rotatable bonds is 5. The molecule has 146 valence electrons. The minimum Gasteiger partial charge on any atom is -0.488 e. The van der Waals surface area contributed by atoms with Crippen LogP contribution in [0.2, 0.25) is 5.02 Å². The number of pyridine rings is 1. The summed E-state index contributed by atoms with van der Waals surface area (Å²) >= 11 is 6.48. The molecule has 2 aromatic heterocycles. The minimum absolute atomic E-state index is 0.249. The summed E-state index contributed by atoms with van der Waals surface area (Å²) in [5.74, 6) is 0.663. The maximum Gasteiger partial charge on any atom is 0.368 e. The predicted octanol–water partition coefficient (Wildman–Crippen LogP) is 3.57. The van der Waals surface area contributed by atoms with Crippen molar-refractivity contribution < 1.29 is 4.74 Å². The first-order valence-electron chi connectivity index (χ1n) is 8.96. The molecule has 2 heterocycles. The molecule has 8 heteroatoms. The number of aromatic nitrogens is 5. The fraction of sp³-hybridized carbons (Fsp3) is 0.143. The van der Waals surface area contributed by atoms with Crippen LogP contribution in [0.4, 0.5) is 0 Å². The van der Waals surface area contributed by atoms with Crippen molar-refractivity contribution in [3.05, 3.63) is 87.4 Å². The highest BCUT2D eigenvalue weighted by Crippen LogP contribution is 2.33. The fourth-order valence-corrected chi connectivity index (χ4v) is 3.25. The molecule has 0 amide bonds. The van der Waals surface area contributed by atoms with Crippen molar-refractivity contribution in [3.63, 3.8) is 0 Å². The van der Waals surface area contributed by atoms with Crippen molar-refractivity contribution >= 4 is 11.6 Å². The van der Waals surface area contributed by atoms with Gasteiger partial charge in [-0.05, 0) is 53.2 Å². The Labute approximate surface area is 172 Å². The number of benzene rings is 2. The quantitative estimate of drug-likeness (QED) is 0.505. The molecular weight excluding hydrogens is 390 g/mol. The maximum absolute atomic E-state index is 12.2. The van der Waals surface area contributed by atoms with E-state index in [0.29, 0.717) is 16.5 Å². The van der Waals surface area contributed by atoms with Gasteiger partial charge in [-0.25, -0.2) is 4.79 Å². The lowest BCUT2D eigenvalue weighted by Gasteiger charge is -2.14. The number of nitrogens with zero attached hydrogens (tertiary/aromatic N) is 5. The van der Waals surface area contributed by atoms with Crippen LogP contribution < -0.4 is 10.4 Å². The summed E-state index contributed by atoms with van der Waals surface area (Å²) < 4.78 is 8.46. The maximum atomic E-state index is 12.2. The zero-order valence-electron chi connectivity index (χ0n) is 15.9. The fourth-order valence-electron chi connectivity index (χ4n) is 3.00. The van der Waals surface area contributed by atoms with Crippen LogP contribution in [0.5, 0.6) is 5.75 Å². The summed E-state index contributed by atoms with van der Waals surface area (Å²) in [5.41, 5.74) is 3.70. The van der Waals surface area contributed by atoms with Crippen LogP contribution in [0.15, 0.2) is 65.6 Å². The lowest BCUT2D eigenvalue weighted by atomic mass is 10.1. The van der Waals surface area contributed by atoms with Gasteiger partial charge < -0.3 is 4.74 Å². The van der Waals surface area contributed by atoms with Gasteiger partial charge >= 0.3 is 5.69 Å². The van der Waals surface area contributed by atoms with Gasteiger partial charge in [-0.15, -0.1) is 0 Å². The first kappa shape index (κ1) is 18.9. The van der Waals surface area contributed by atoms with Gasteiger partial charge in [0.15, 0.2) is 0 Å². The molecule has 0 saturated heterocycles. The standard InChI is InChI=1S/C21H18ClN5O2/c1-14-11-16(18-8-5-6-10-23-18)17(22)12-20(14)29-13-15-7-3-4-9-19(15)27-21(28)26(2)24-25-27/h3-12H,13H2,1-2H3. The summed E-state index contributed by atoms with van der Waals surface area (Å²) in [6, 6.07) is 16.9. The predicted molar refractivity (Wildman–Crippen MR) is 110 cm³/mol. The van der Waals surface area contributed by atoms with E-state index in [1.165, 1.54) is 9.36 Å². The van der Waals surface area contributed by atoms with Gasteiger partial charge in [-0.2, -0.15) is 9.36 Å². The van der Waals surface area contributed by atoms with E-state index in [4.69, 9.17) is 16.3 Å². The van der Waals surface area contributed by atoms with E-state index in [2.05, 4.69) is 15.4 Å². The molecule has 29 heavy (non-hydrogen) atoms. The van der Waals surface area contributed by atoms with Crippen LogP contribution in [0, 0.1) is 6.92 Å². The largest absolute Gasteiger partial charge is 0.488 e. The summed E-state index contributed by atoms with van der Waals surface area (Å²) in [4.78, 5) is 16.6. The minimum atomic E-state index is -0.323. The Bertz CT molecular complexity index is 1220. The van der Waals surface area contributed by atoms with Crippen LogP contribution in [0.3, 0.4) is 0 Å². The highest BCUT2D eigenvalue weighted by Gasteiger charge is 2.13. The van der Waals surface area contributed by atoms with E-state index in [9.17, 15) is 4.79 Å². The molecule has 0 bridgehead atoms. The molecule has 0 aliphatic rings. The first-order valence-corrected chi connectivity index (χ1v) is 9.34. The van der Waals surface area contributed by atoms with Crippen LogP contribution in [-0.2, 0) is 13.7 Å². The molecule has 4 rings (SSSR count). The van der Waals surface area contributed by atoms with Gasteiger partial charge in [0.1, 0.15) is 12.4 Å². The van der Waals surface area contributed by atoms with Crippen molar-refractivity contribution in [2.24, 2.45) is 7.05 Å². The Kier molecular flexibility index (Phi) is 5.14. The molecule has 0 radical (unpaired) electrons.